The summed E-state index contributed by atoms with van der Waals surface area (Å²) >= 11 is 5.67. The van der Waals surface area contributed by atoms with Crippen LogP contribution < -0.4 is 5.73 Å². The van der Waals surface area contributed by atoms with Crippen molar-refractivity contribution in [3.63, 3.8) is 0 Å². The highest BCUT2D eigenvalue weighted by Gasteiger charge is 2.20. The molecule has 0 saturated carbocycles. The summed E-state index contributed by atoms with van der Waals surface area (Å²) in [6.45, 7) is 3.67. The molecule has 0 heterocycles. The van der Waals surface area contributed by atoms with Crippen molar-refractivity contribution < 1.29 is 5.11 Å². The lowest BCUT2D eigenvalue weighted by Crippen LogP contribution is -2.31. The lowest BCUT2D eigenvalue weighted by molar-refractivity contribution is 0.0958. The highest BCUT2D eigenvalue weighted by atomic mass is 35.5. The Kier molecular flexibility index (Phi) is 2.73. The Morgan fingerprint density at radius 3 is 2.33 bits per heavy atom. The van der Waals surface area contributed by atoms with E-state index in [0.29, 0.717) is 10.6 Å². The normalized spacial score (nSPS) is 15.7. The van der Waals surface area contributed by atoms with E-state index >= 15 is 0 Å². The zero-order valence-corrected chi connectivity index (χ0v) is 7.38. The van der Waals surface area contributed by atoms with Gasteiger partial charge >= 0.3 is 0 Å². The van der Waals surface area contributed by atoms with Gasteiger partial charge in [-0.2, -0.15) is 0 Å². The molecular formula is C9H11ClNO. The monoisotopic (exact) mass is 184 g/mol. The number of benzene rings is 1. The van der Waals surface area contributed by atoms with Crippen LogP contribution in [0.5, 0.6) is 0 Å². The molecule has 0 aliphatic heterocycles. The van der Waals surface area contributed by atoms with Crippen molar-refractivity contribution >= 4 is 11.6 Å². The van der Waals surface area contributed by atoms with Crippen molar-refractivity contribution in [2.75, 3.05) is 6.54 Å². The third-order valence-corrected chi connectivity index (χ3v) is 1.97. The van der Waals surface area contributed by atoms with Crippen molar-refractivity contribution in [3.05, 3.63) is 41.8 Å². The first-order valence-electron chi connectivity index (χ1n) is 3.60. The second-order valence-electron chi connectivity index (χ2n) is 2.74. The predicted molar refractivity (Wildman–Crippen MR) is 49.8 cm³/mol. The molecule has 1 aromatic carbocycles. The molecule has 0 aliphatic rings. The molecule has 0 aromatic heterocycles. The largest absolute Gasteiger partial charge is 0.384 e. The van der Waals surface area contributed by atoms with Gasteiger partial charge in [0.05, 0.1) is 0 Å². The second-order valence-corrected chi connectivity index (χ2v) is 3.18. The summed E-state index contributed by atoms with van der Waals surface area (Å²) in [4.78, 5) is 0. The third-order valence-electron chi connectivity index (χ3n) is 1.72. The molecule has 0 bridgehead atoms. The SMILES string of the molecule is [CH2]C(O)(CN)c1ccc(Cl)cc1. The highest BCUT2D eigenvalue weighted by molar-refractivity contribution is 6.30. The van der Waals surface area contributed by atoms with E-state index in [0.717, 1.165) is 0 Å². The van der Waals surface area contributed by atoms with Crippen LogP contribution >= 0.6 is 11.6 Å². The Hall–Kier alpha value is -0.570. The van der Waals surface area contributed by atoms with Crippen LogP contribution in [0.1, 0.15) is 5.56 Å². The summed E-state index contributed by atoms with van der Waals surface area (Å²) in [6.07, 6.45) is 0. The minimum absolute atomic E-state index is 0.0919. The van der Waals surface area contributed by atoms with E-state index in [1.165, 1.54) is 0 Å². The number of aliphatic hydroxyl groups is 1. The van der Waals surface area contributed by atoms with Gasteiger partial charge in [0.2, 0.25) is 0 Å². The molecule has 1 unspecified atom stereocenters. The molecule has 1 aromatic rings. The van der Waals surface area contributed by atoms with Gasteiger partial charge in [-0.3, -0.25) is 0 Å². The summed E-state index contributed by atoms with van der Waals surface area (Å²) < 4.78 is 0. The van der Waals surface area contributed by atoms with Crippen molar-refractivity contribution in [3.8, 4) is 0 Å². The topological polar surface area (TPSA) is 46.2 Å². The average molecular weight is 185 g/mol. The molecule has 65 valence electrons. The Morgan fingerprint density at radius 1 is 1.42 bits per heavy atom. The Labute approximate surface area is 77.0 Å². The van der Waals surface area contributed by atoms with Crippen LogP contribution in [0, 0.1) is 6.92 Å². The zero-order chi connectivity index (χ0) is 9.19. The van der Waals surface area contributed by atoms with E-state index in [1.807, 2.05) is 0 Å². The first-order valence-corrected chi connectivity index (χ1v) is 3.98. The van der Waals surface area contributed by atoms with Crippen molar-refractivity contribution in [1.82, 2.24) is 0 Å². The zero-order valence-electron chi connectivity index (χ0n) is 6.63. The second kappa shape index (κ2) is 3.44. The molecule has 12 heavy (non-hydrogen) atoms. The number of hydrogen-bond donors (Lipinski definition) is 2. The maximum atomic E-state index is 9.61. The van der Waals surface area contributed by atoms with Crippen LogP contribution in [0.15, 0.2) is 24.3 Å². The molecule has 0 spiro atoms. The van der Waals surface area contributed by atoms with E-state index in [2.05, 4.69) is 6.92 Å². The number of nitrogens with two attached hydrogens (primary N) is 1. The Bertz CT molecular complexity index is 256. The van der Waals surface area contributed by atoms with Gasteiger partial charge in [0.1, 0.15) is 5.60 Å². The third kappa shape index (κ3) is 1.97. The highest BCUT2D eigenvalue weighted by Crippen LogP contribution is 2.20. The van der Waals surface area contributed by atoms with Gasteiger partial charge < -0.3 is 10.8 Å². The van der Waals surface area contributed by atoms with Crippen molar-refractivity contribution in [2.45, 2.75) is 5.60 Å². The molecule has 2 nitrogen and oxygen atoms in total. The van der Waals surface area contributed by atoms with Gasteiger partial charge in [0.15, 0.2) is 0 Å². The molecule has 3 heteroatoms. The van der Waals surface area contributed by atoms with Crippen LogP contribution in [0.4, 0.5) is 0 Å². The smallest absolute Gasteiger partial charge is 0.102 e. The number of rotatable bonds is 2. The first kappa shape index (κ1) is 9.52. The predicted octanol–water partition coefficient (Wildman–Crippen LogP) is 1.32. The standard InChI is InChI=1S/C9H11ClNO/c1-9(12,6-11)7-2-4-8(10)5-3-7/h2-5,12H,1,6,11H2. The van der Waals surface area contributed by atoms with Crippen molar-refractivity contribution in [2.24, 2.45) is 5.73 Å². The van der Waals surface area contributed by atoms with Crippen LogP contribution in [0.3, 0.4) is 0 Å². The molecule has 0 fully saturated rings. The Balaban J connectivity index is 2.96. The summed E-state index contributed by atoms with van der Waals surface area (Å²) in [6, 6.07) is 6.82. The van der Waals surface area contributed by atoms with Gasteiger partial charge in [-0.15, -0.1) is 0 Å². The molecule has 1 rings (SSSR count). The van der Waals surface area contributed by atoms with E-state index in [4.69, 9.17) is 17.3 Å². The number of hydrogen-bond acceptors (Lipinski definition) is 2. The maximum Gasteiger partial charge on any atom is 0.102 e. The van der Waals surface area contributed by atoms with E-state index in [1.54, 1.807) is 24.3 Å². The van der Waals surface area contributed by atoms with Crippen LogP contribution in [-0.2, 0) is 5.60 Å². The quantitative estimate of drug-likeness (QED) is 0.729. The van der Waals surface area contributed by atoms with Gasteiger partial charge in [-0.25, -0.2) is 0 Å². The number of halogens is 1. The lowest BCUT2D eigenvalue weighted by Gasteiger charge is -2.21. The summed E-state index contributed by atoms with van der Waals surface area (Å²) in [5, 5.41) is 10.2. The van der Waals surface area contributed by atoms with E-state index < -0.39 is 5.60 Å². The minimum Gasteiger partial charge on any atom is -0.384 e. The first-order chi connectivity index (χ1) is 5.56. The fraction of sp³-hybridized carbons (Fsp3) is 0.222. The molecular weight excluding hydrogens is 174 g/mol. The average Bonchev–Trinajstić information content (AvgIpc) is 2.05. The van der Waals surface area contributed by atoms with Crippen LogP contribution in [0.25, 0.3) is 0 Å². The van der Waals surface area contributed by atoms with Gasteiger partial charge in [-0.1, -0.05) is 23.7 Å². The van der Waals surface area contributed by atoms with Crippen molar-refractivity contribution in [1.29, 1.82) is 0 Å². The molecule has 0 saturated heterocycles. The lowest BCUT2D eigenvalue weighted by atomic mass is 9.97. The maximum absolute atomic E-state index is 9.61. The summed E-state index contributed by atoms with van der Waals surface area (Å²) in [5.41, 5.74) is 4.80. The van der Waals surface area contributed by atoms with E-state index in [-0.39, 0.29) is 6.54 Å². The van der Waals surface area contributed by atoms with Crippen LogP contribution in [-0.4, -0.2) is 11.7 Å². The Morgan fingerprint density at radius 2 is 1.92 bits per heavy atom. The molecule has 3 N–H and O–H groups in total. The molecule has 1 atom stereocenters. The van der Waals surface area contributed by atoms with Gasteiger partial charge in [-0.05, 0) is 24.6 Å². The fourth-order valence-corrected chi connectivity index (χ4v) is 1.00. The summed E-state index contributed by atoms with van der Waals surface area (Å²) in [5.74, 6) is 0. The van der Waals surface area contributed by atoms with Crippen LogP contribution in [0.2, 0.25) is 5.02 Å². The molecule has 0 aliphatic carbocycles. The van der Waals surface area contributed by atoms with Gasteiger partial charge in [0.25, 0.3) is 0 Å². The fourth-order valence-electron chi connectivity index (χ4n) is 0.878. The molecule has 0 amide bonds. The minimum atomic E-state index is -1.20. The molecule has 1 radical (unpaired) electrons. The van der Waals surface area contributed by atoms with E-state index in [9.17, 15) is 5.11 Å². The summed E-state index contributed by atoms with van der Waals surface area (Å²) in [7, 11) is 0. The van der Waals surface area contributed by atoms with Gasteiger partial charge in [0, 0.05) is 11.6 Å².